The zero-order valence-electron chi connectivity index (χ0n) is 16.7. The molecule has 0 radical (unpaired) electrons. The van der Waals surface area contributed by atoms with Crippen LogP contribution in [0.2, 0.25) is 0 Å². The lowest BCUT2D eigenvalue weighted by Crippen LogP contribution is -2.34. The molecule has 142 valence electrons. The van der Waals surface area contributed by atoms with Crippen LogP contribution >= 0.6 is 0 Å². The van der Waals surface area contributed by atoms with Crippen LogP contribution in [0.15, 0.2) is 42.5 Å². The molecule has 0 atom stereocenters. The lowest BCUT2D eigenvalue weighted by molar-refractivity contribution is -0.115. The molecule has 0 spiro atoms. The Bertz CT molecular complexity index is 894. The van der Waals surface area contributed by atoms with Crippen LogP contribution in [0.1, 0.15) is 68.9 Å². The van der Waals surface area contributed by atoms with E-state index in [1.165, 1.54) is 30.2 Å². The second kappa shape index (κ2) is 6.52. The van der Waals surface area contributed by atoms with Crippen LogP contribution in [0.3, 0.4) is 0 Å². The predicted octanol–water partition coefficient (Wildman–Crippen LogP) is 5.42. The number of anilines is 2. The minimum absolute atomic E-state index is 0.0521. The maximum absolute atomic E-state index is 12.4. The quantitative estimate of drug-likeness (QED) is 0.790. The lowest BCUT2D eigenvalue weighted by Gasteiger charge is -2.42. The van der Waals surface area contributed by atoms with Crippen molar-refractivity contribution in [3.63, 3.8) is 0 Å². The van der Waals surface area contributed by atoms with Crippen LogP contribution in [0.5, 0.6) is 0 Å². The smallest absolute Gasteiger partial charge is 0.335 e. The van der Waals surface area contributed by atoms with Gasteiger partial charge in [-0.25, -0.2) is 4.79 Å². The van der Waals surface area contributed by atoms with Gasteiger partial charge < -0.3 is 5.11 Å². The molecule has 0 aromatic heterocycles. The van der Waals surface area contributed by atoms with Gasteiger partial charge in [-0.3, -0.25) is 9.69 Å². The SMILES string of the molecule is CC(=O)N(c1ccc(C(=O)O)cc1)c1ccc2c(c1)C(C)(C)CCC2(C)C. The highest BCUT2D eigenvalue weighted by atomic mass is 16.4. The first-order valence-corrected chi connectivity index (χ1v) is 9.32. The molecular formula is C23H27NO3. The second-order valence-corrected chi connectivity index (χ2v) is 8.70. The van der Waals surface area contributed by atoms with E-state index in [2.05, 4.69) is 39.8 Å². The van der Waals surface area contributed by atoms with E-state index in [0.717, 1.165) is 18.5 Å². The molecular weight excluding hydrogens is 338 g/mol. The number of rotatable bonds is 3. The molecule has 1 N–H and O–H groups in total. The molecule has 0 fully saturated rings. The van der Waals surface area contributed by atoms with E-state index in [1.54, 1.807) is 17.0 Å². The third-order valence-electron chi connectivity index (χ3n) is 5.78. The zero-order valence-corrected chi connectivity index (χ0v) is 16.7. The highest BCUT2D eigenvalue weighted by molar-refractivity contribution is 5.99. The van der Waals surface area contributed by atoms with Gasteiger partial charge >= 0.3 is 5.97 Å². The van der Waals surface area contributed by atoms with Crippen molar-refractivity contribution in [1.82, 2.24) is 0 Å². The molecule has 2 aromatic carbocycles. The number of fused-ring (bicyclic) bond motifs is 1. The summed E-state index contributed by atoms with van der Waals surface area (Å²) >= 11 is 0. The molecule has 0 aliphatic heterocycles. The van der Waals surface area contributed by atoms with Gasteiger partial charge in [0.1, 0.15) is 0 Å². The number of aromatic carboxylic acids is 1. The summed E-state index contributed by atoms with van der Waals surface area (Å²) in [5.41, 5.74) is 4.48. The summed E-state index contributed by atoms with van der Waals surface area (Å²) in [4.78, 5) is 25.2. The molecule has 0 heterocycles. The number of carboxylic acids is 1. The Labute approximate surface area is 160 Å². The van der Waals surface area contributed by atoms with Crippen LogP contribution in [0, 0.1) is 0 Å². The number of carbonyl (C=O) groups excluding carboxylic acids is 1. The van der Waals surface area contributed by atoms with Gasteiger partial charge in [-0.1, -0.05) is 33.8 Å². The topological polar surface area (TPSA) is 57.6 Å². The number of benzene rings is 2. The average Bonchev–Trinajstić information content (AvgIpc) is 2.59. The number of nitrogens with zero attached hydrogens (tertiary/aromatic N) is 1. The minimum atomic E-state index is -0.978. The Morgan fingerprint density at radius 2 is 1.37 bits per heavy atom. The Kier molecular flexibility index (Phi) is 4.62. The Morgan fingerprint density at radius 1 is 0.852 bits per heavy atom. The first-order chi connectivity index (χ1) is 12.5. The number of carboxylic acid groups (broad SMARTS) is 1. The standard InChI is InChI=1S/C23H27NO3/c1-15(25)24(17-8-6-16(7-9-17)21(26)27)18-10-11-19-20(14-18)23(4,5)13-12-22(19,2)3/h6-11,14H,12-13H2,1-5H3,(H,26,27). The van der Waals surface area contributed by atoms with Crippen molar-refractivity contribution < 1.29 is 14.7 Å². The van der Waals surface area contributed by atoms with Crippen LogP contribution in [0.25, 0.3) is 0 Å². The maximum atomic E-state index is 12.4. The zero-order chi connectivity index (χ0) is 20.0. The van der Waals surface area contributed by atoms with Crippen LogP contribution in [0.4, 0.5) is 11.4 Å². The number of carbonyl (C=O) groups is 2. The van der Waals surface area contributed by atoms with E-state index in [4.69, 9.17) is 5.11 Å². The highest BCUT2D eigenvalue weighted by Crippen LogP contribution is 2.47. The van der Waals surface area contributed by atoms with E-state index in [9.17, 15) is 9.59 Å². The van der Waals surface area contributed by atoms with Crippen molar-refractivity contribution in [1.29, 1.82) is 0 Å². The summed E-state index contributed by atoms with van der Waals surface area (Å²) in [7, 11) is 0. The van der Waals surface area contributed by atoms with Crippen LogP contribution < -0.4 is 4.90 Å². The number of amides is 1. The summed E-state index contributed by atoms with van der Waals surface area (Å²) < 4.78 is 0. The molecule has 4 heteroatoms. The molecule has 4 nitrogen and oxygen atoms in total. The summed E-state index contributed by atoms with van der Waals surface area (Å²) in [5.74, 6) is -1.08. The molecule has 1 aliphatic carbocycles. The van der Waals surface area contributed by atoms with Gasteiger partial charge in [-0.2, -0.15) is 0 Å². The van der Waals surface area contributed by atoms with Gasteiger partial charge in [0.2, 0.25) is 5.91 Å². The van der Waals surface area contributed by atoms with Gasteiger partial charge in [-0.05, 0) is 71.2 Å². The van der Waals surface area contributed by atoms with E-state index >= 15 is 0 Å². The normalized spacial score (nSPS) is 17.1. The molecule has 0 unspecified atom stereocenters. The molecule has 0 bridgehead atoms. The monoisotopic (exact) mass is 365 g/mol. The Balaban J connectivity index is 2.10. The Morgan fingerprint density at radius 3 is 1.89 bits per heavy atom. The van der Waals surface area contributed by atoms with E-state index in [0.29, 0.717) is 5.69 Å². The summed E-state index contributed by atoms with van der Waals surface area (Å²) in [6.45, 7) is 10.6. The van der Waals surface area contributed by atoms with E-state index in [1.807, 2.05) is 6.07 Å². The summed E-state index contributed by atoms with van der Waals surface area (Å²) in [5, 5.41) is 9.10. The fourth-order valence-electron chi connectivity index (χ4n) is 3.98. The van der Waals surface area contributed by atoms with Crippen LogP contribution in [-0.2, 0) is 15.6 Å². The Hall–Kier alpha value is -2.62. The van der Waals surface area contributed by atoms with Crippen molar-refractivity contribution in [2.75, 3.05) is 4.90 Å². The van der Waals surface area contributed by atoms with Gasteiger partial charge in [-0.15, -0.1) is 0 Å². The molecule has 1 aliphatic rings. The third kappa shape index (κ3) is 3.48. The minimum Gasteiger partial charge on any atom is -0.478 e. The van der Waals surface area contributed by atoms with E-state index in [-0.39, 0.29) is 22.3 Å². The van der Waals surface area contributed by atoms with Crippen molar-refractivity contribution in [2.24, 2.45) is 0 Å². The van der Waals surface area contributed by atoms with Gasteiger partial charge in [0.05, 0.1) is 5.56 Å². The molecule has 3 rings (SSSR count). The summed E-state index contributed by atoms with van der Waals surface area (Å²) in [6.07, 6.45) is 2.24. The number of hydrogen-bond donors (Lipinski definition) is 1. The predicted molar refractivity (Wildman–Crippen MR) is 108 cm³/mol. The molecule has 2 aromatic rings. The summed E-state index contributed by atoms with van der Waals surface area (Å²) in [6, 6.07) is 12.7. The average molecular weight is 365 g/mol. The molecule has 1 amide bonds. The molecule has 0 saturated heterocycles. The fourth-order valence-corrected chi connectivity index (χ4v) is 3.98. The highest BCUT2D eigenvalue weighted by Gasteiger charge is 2.37. The van der Waals surface area contributed by atoms with Crippen LogP contribution in [-0.4, -0.2) is 17.0 Å². The van der Waals surface area contributed by atoms with Crippen molar-refractivity contribution in [2.45, 2.75) is 58.3 Å². The van der Waals surface area contributed by atoms with Crippen molar-refractivity contribution in [3.05, 3.63) is 59.2 Å². The molecule has 0 saturated carbocycles. The van der Waals surface area contributed by atoms with E-state index < -0.39 is 5.97 Å². The van der Waals surface area contributed by atoms with Gasteiger partial charge in [0.15, 0.2) is 0 Å². The van der Waals surface area contributed by atoms with Crippen molar-refractivity contribution in [3.8, 4) is 0 Å². The first kappa shape index (κ1) is 19.2. The van der Waals surface area contributed by atoms with Gasteiger partial charge in [0.25, 0.3) is 0 Å². The van der Waals surface area contributed by atoms with Crippen molar-refractivity contribution >= 4 is 23.3 Å². The third-order valence-corrected chi connectivity index (χ3v) is 5.78. The van der Waals surface area contributed by atoms with Gasteiger partial charge in [0, 0.05) is 18.3 Å². The second-order valence-electron chi connectivity index (χ2n) is 8.70. The fraction of sp³-hybridized carbons (Fsp3) is 0.391. The molecule has 27 heavy (non-hydrogen) atoms. The maximum Gasteiger partial charge on any atom is 0.335 e. The number of hydrogen-bond acceptors (Lipinski definition) is 2. The largest absolute Gasteiger partial charge is 0.478 e. The lowest BCUT2D eigenvalue weighted by atomic mass is 9.63. The first-order valence-electron chi connectivity index (χ1n) is 9.32.